The Bertz CT molecular complexity index is 584. The number of ether oxygens (including phenoxy) is 1. The minimum Gasteiger partial charge on any atom is -0.489 e. The molecule has 112 valence electrons. The first-order valence-electron chi connectivity index (χ1n) is 6.62. The van der Waals surface area contributed by atoms with Gasteiger partial charge in [0, 0.05) is 6.54 Å². The van der Waals surface area contributed by atoms with E-state index in [1.807, 2.05) is 37.3 Å². The van der Waals surface area contributed by atoms with E-state index in [9.17, 15) is 5.11 Å². The predicted octanol–water partition coefficient (Wildman–Crippen LogP) is 4.15. The van der Waals surface area contributed by atoms with Crippen LogP contribution in [0.1, 0.15) is 5.56 Å². The summed E-state index contributed by atoms with van der Waals surface area (Å²) < 4.78 is 5.49. The van der Waals surface area contributed by atoms with E-state index in [-0.39, 0.29) is 6.61 Å². The van der Waals surface area contributed by atoms with E-state index in [2.05, 4.69) is 5.32 Å². The monoisotopic (exact) mass is 325 g/mol. The average molecular weight is 326 g/mol. The van der Waals surface area contributed by atoms with E-state index >= 15 is 0 Å². The van der Waals surface area contributed by atoms with Crippen LogP contribution in [0.3, 0.4) is 0 Å². The highest BCUT2D eigenvalue weighted by Crippen LogP contribution is 2.25. The van der Waals surface area contributed by atoms with Gasteiger partial charge in [0.25, 0.3) is 0 Å². The van der Waals surface area contributed by atoms with Crippen LogP contribution in [0.2, 0.25) is 10.0 Å². The van der Waals surface area contributed by atoms with Crippen LogP contribution in [0.15, 0.2) is 42.5 Å². The molecule has 0 saturated heterocycles. The zero-order valence-electron chi connectivity index (χ0n) is 11.6. The molecule has 2 aromatic carbocycles. The molecule has 2 aromatic rings. The van der Waals surface area contributed by atoms with Crippen LogP contribution in [0.5, 0.6) is 5.75 Å². The molecule has 3 nitrogen and oxygen atoms in total. The van der Waals surface area contributed by atoms with Crippen LogP contribution in [0.4, 0.5) is 5.69 Å². The lowest BCUT2D eigenvalue weighted by Crippen LogP contribution is -2.26. The van der Waals surface area contributed by atoms with Gasteiger partial charge in [0.1, 0.15) is 18.5 Å². The molecule has 5 heteroatoms. The largest absolute Gasteiger partial charge is 0.489 e. The molecule has 0 amide bonds. The highest BCUT2D eigenvalue weighted by molar-refractivity contribution is 6.33. The standard InChI is InChI=1S/C16H17Cl2NO2/c1-11-5-4-7-14(18)16(11)19-9-12(20)10-21-15-8-3-2-6-13(15)17/h2-8,12,19-20H,9-10H2,1H3. The molecule has 0 bridgehead atoms. The quantitative estimate of drug-likeness (QED) is 0.838. The normalized spacial score (nSPS) is 12.0. The highest BCUT2D eigenvalue weighted by atomic mass is 35.5. The molecule has 2 rings (SSSR count). The zero-order valence-corrected chi connectivity index (χ0v) is 13.2. The maximum absolute atomic E-state index is 9.97. The fraction of sp³-hybridized carbons (Fsp3) is 0.250. The van der Waals surface area contributed by atoms with Gasteiger partial charge in [0.15, 0.2) is 0 Å². The summed E-state index contributed by atoms with van der Waals surface area (Å²) in [5, 5.41) is 14.3. The van der Waals surface area contributed by atoms with Crippen LogP contribution < -0.4 is 10.1 Å². The molecule has 0 heterocycles. The first-order chi connectivity index (χ1) is 10.1. The molecular weight excluding hydrogens is 309 g/mol. The summed E-state index contributed by atoms with van der Waals surface area (Å²) in [7, 11) is 0. The summed E-state index contributed by atoms with van der Waals surface area (Å²) in [6, 6.07) is 12.8. The molecule has 2 N–H and O–H groups in total. The molecule has 0 aliphatic heterocycles. The molecule has 21 heavy (non-hydrogen) atoms. The predicted molar refractivity (Wildman–Crippen MR) is 87.6 cm³/mol. The van der Waals surface area contributed by atoms with E-state index < -0.39 is 6.10 Å². The van der Waals surface area contributed by atoms with Gasteiger partial charge in [-0.1, -0.05) is 47.5 Å². The number of nitrogens with one attached hydrogen (secondary N) is 1. The number of rotatable bonds is 6. The number of halogens is 2. The van der Waals surface area contributed by atoms with Gasteiger partial charge in [-0.25, -0.2) is 0 Å². The minimum absolute atomic E-state index is 0.153. The third kappa shape index (κ3) is 4.53. The van der Waals surface area contributed by atoms with Crippen molar-refractivity contribution in [3.63, 3.8) is 0 Å². The fourth-order valence-corrected chi connectivity index (χ4v) is 2.36. The fourth-order valence-electron chi connectivity index (χ4n) is 1.88. The molecule has 0 aliphatic rings. The maximum atomic E-state index is 9.97. The van der Waals surface area contributed by atoms with Gasteiger partial charge in [-0.3, -0.25) is 0 Å². The number of anilines is 1. The van der Waals surface area contributed by atoms with Crippen LogP contribution >= 0.6 is 23.2 Å². The Morgan fingerprint density at radius 3 is 2.52 bits per heavy atom. The van der Waals surface area contributed by atoms with Gasteiger partial charge in [-0.15, -0.1) is 0 Å². The molecule has 1 atom stereocenters. The summed E-state index contributed by atoms with van der Waals surface area (Å²) in [6.45, 7) is 2.45. The molecule has 1 unspecified atom stereocenters. The summed E-state index contributed by atoms with van der Waals surface area (Å²) in [5.74, 6) is 0.562. The molecule has 0 saturated carbocycles. The van der Waals surface area contributed by atoms with Crippen molar-refractivity contribution in [3.8, 4) is 5.75 Å². The first kappa shape index (κ1) is 16.0. The van der Waals surface area contributed by atoms with Crippen molar-refractivity contribution < 1.29 is 9.84 Å². The minimum atomic E-state index is -0.669. The number of hydrogen-bond acceptors (Lipinski definition) is 3. The van der Waals surface area contributed by atoms with E-state index in [1.54, 1.807) is 12.1 Å². The lowest BCUT2D eigenvalue weighted by atomic mass is 10.2. The van der Waals surface area contributed by atoms with Gasteiger partial charge in [0.05, 0.1) is 15.7 Å². The van der Waals surface area contributed by atoms with Gasteiger partial charge >= 0.3 is 0 Å². The summed E-state index contributed by atoms with van der Waals surface area (Å²) >= 11 is 12.1. The Morgan fingerprint density at radius 2 is 1.81 bits per heavy atom. The lowest BCUT2D eigenvalue weighted by Gasteiger charge is -2.16. The number of para-hydroxylation sites is 2. The van der Waals surface area contributed by atoms with Crippen LogP contribution in [0.25, 0.3) is 0 Å². The van der Waals surface area contributed by atoms with Gasteiger partial charge in [-0.05, 0) is 30.7 Å². The average Bonchev–Trinajstić information content (AvgIpc) is 2.46. The second kappa shape index (κ2) is 7.55. The molecule has 0 spiro atoms. The SMILES string of the molecule is Cc1cccc(Cl)c1NCC(O)COc1ccccc1Cl. The Morgan fingerprint density at radius 1 is 1.10 bits per heavy atom. The third-order valence-electron chi connectivity index (χ3n) is 3.00. The second-order valence-corrected chi connectivity index (χ2v) is 5.52. The topological polar surface area (TPSA) is 41.5 Å². The lowest BCUT2D eigenvalue weighted by molar-refractivity contribution is 0.117. The molecule has 0 aromatic heterocycles. The van der Waals surface area contributed by atoms with Crippen molar-refractivity contribution in [1.29, 1.82) is 0 Å². The highest BCUT2D eigenvalue weighted by Gasteiger charge is 2.09. The van der Waals surface area contributed by atoms with Gasteiger partial charge < -0.3 is 15.2 Å². The number of hydrogen-bond donors (Lipinski definition) is 2. The summed E-state index contributed by atoms with van der Waals surface area (Å²) in [6.07, 6.45) is -0.669. The Kier molecular flexibility index (Phi) is 5.74. The zero-order chi connectivity index (χ0) is 15.2. The van der Waals surface area contributed by atoms with Crippen molar-refractivity contribution in [1.82, 2.24) is 0 Å². The van der Waals surface area contributed by atoms with Gasteiger partial charge in [-0.2, -0.15) is 0 Å². The van der Waals surface area contributed by atoms with Gasteiger partial charge in [0.2, 0.25) is 0 Å². The number of benzene rings is 2. The van der Waals surface area contributed by atoms with E-state index in [4.69, 9.17) is 27.9 Å². The molecule has 0 fully saturated rings. The van der Waals surface area contributed by atoms with Crippen molar-refractivity contribution >= 4 is 28.9 Å². The van der Waals surface area contributed by atoms with Crippen LogP contribution in [-0.4, -0.2) is 24.4 Å². The number of aryl methyl sites for hydroxylation is 1. The molecular formula is C16H17Cl2NO2. The van der Waals surface area contributed by atoms with Crippen molar-refractivity contribution in [2.45, 2.75) is 13.0 Å². The number of aliphatic hydroxyl groups is 1. The molecule has 0 aliphatic carbocycles. The van der Waals surface area contributed by atoms with Crippen molar-refractivity contribution in [2.75, 3.05) is 18.5 Å². The van der Waals surface area contributed by atoms with Crippen molar-refractivity contribution in [3.05, 3.63) is 58.1 Å². The van der Waals surface area contributed by atoms with E-state index in [0.29, 0.717) is 22.3 Å². The van der Waals surface area contributed by atoms with E-state index in [0.717, 1.165) is 11.3 Å². The van der Waals surface area contributed by atoms with Crippen LogP contribution in [-0.2, 0) is 0 Å². The maximum Gasteiger partial charge on any atom is 0.138 e. The Balaban J connectivity index is 1.85. The second-order valence-electron chi connectivity index (χ2n) is 4.71. The Labute approximate surface area is 134 Å². The third-order valence-corrected chi connectivity index (χ3v) is 3.63. The summed E-state index contributed by atoms with van der Waals surface area (Å²) in [5.41, 5.74) is 1.86. The summed E-state index contributed by atoms with van der Waals surface area (Å²) in [4.78, 5) is 0. The Hall–Kier alpha value is -1.42. The smallest absolute Gasteiger partial charge is 0.138 e. The van der Waals surface area contributed by atoms with Crippen molar-refractivity contribution in [2.24, 2.45) is 0 Å². The van der Waals surface area contributed by atoms with Crippen LogP contribution in [0, 0.1) is 6.92 Å². The molecule has 0 radical (unpaired) electrons. The van der Waals surface area contributed by atoms with E-state index in [1.165, 1.54) is 0 Å². The number of aliphatic hydroxyl groups excluding tert-OH is 1. The first-order valence-corrected chi connectivity index (χ1v) is 7.38.